The van der Waals surface area contributed by atoms with Crippen molar-refractivity contribution in [2.24, 2.45) is 0 Å². The fraction of sp³-hybridized carbons (Fsp3) is 0.136. The summed E-state index contributed by atoms with van der Waals surface area (Å²) in [7, 11) is -3.87. The third kappa shape index (κ3) is 6.41. The van der Waals surface area contributed by atoms with Crippen LogP contribution in [0.25, 0.3) is 0 Å². The summed E-state index contributed by atoms with van der Waals surface area (Å²) >= 11 is 5.99. The molecule has 3 rings (SSSR count). The molecule has 0 aromatic heterocycles. The molecule has 0 heterocycles. The molecule has 0 aliphatic rings. The molecule has 6 nitrogen and oxygen atoms in total. The van der Waals surface area contributed by atoms with Crippen LogP contribution in [0.2, 0.25) is 5.02 Å². The predicted octanol–water partition coefficient (Wildman–Crippen LogP) is 4.71. The van der Waals surface area contributed by atoms with Crippen molar-refractivity contribution in [2.75, 3.05) is 11.3 Å². The smallest absolute Gasteiger partial charge is 0.387 e. The van der Waals surface area contributed by atoms with Gasteiger partial charge in [-0.3, -0.25) is 9.52 Å². The molecule has 0 aliphatic carbocycles. The lowest BCUT2D eigenvalue weighted by atomic mass is 10.1. The minimum absolute atomic E-state index is 0.0138. The highest BCUT2D eigenvalue weighted by Crippen LogP contribution is 2.24. The zero-order valence-corrected chi connectivity index (χ0v) is 18.2. The Balaban J connectivity index is 1.55. The van der Waals surface area contributed by atoms with Gasteiger partial charge in [0.1, 0.15) is 5.75 Å². The number of rotatable bonds is 9. The van der Waals surface area contributed by atoms with Crippen molar-refractivity contribution in [2.45, 2.75) is 17.9 Å². The van der Waals surface area contributed by atoms with Crippen LogP contribution in [0, 0.1) is 0 Å². The number of benzene rings is 3. The van der Waals surface area contributed by atoms with Gasteiger partial charge in [-0.15, -0.1) is 0 Å². The molecule has 0 atom stereocenters. The van der Waals surface area contributed by atoms with Crippen molar-refractivity contribution in [3.63, 3.8) is 0 Å². The number of ether oxygens (including phenoxy) is 1. The van der Waals surface area contributed by atoms with Gasteiger partial charge in [-0.2, -0.15) is 8.78 Å². The number of hydrogen-bond donors (Lipinski definition) is 2. The van der Waals surface area contributed by atoms with Crippen LogP contribution < -0.4 is 14.8 Å². The minimum atomic E-state index is -3.87. The van der Waals surface area contributed by atoms with Gasteiger partial charge in [0.15, 0.2) is 0 Å². The normalized spacial score (nSPS) is 11.2. The van der Waals surface area contributed by atoms with Crippen molar-refractivity contribution in [3.8, 4) is 5.75 Å². The first-order valence-electron chi connectivity index (χ1n) is 9.44. The fourth-order valence-electron chi connectivity index (χ4n) is 2.79. The number of para-hydroxylation sites is 1. The average Bonchev–Trinajstić information content (AvgIpc) is 2.76. The molecular formula is C22H19ClF2N2O4S. The summed E-state index contributed by atoms with van der Waals surface area (Å²) in [6.45, 7) is -2.57. The Kier molecular flexibility index (Phi) is 7.66. The molecule has 0 fully saturated rings. The van der Waals surface area contributed by atoms with Gasteiger partial charge < -0.3 is 10.1 Å². The van der Waals surface area contributed by atoms with E-state index in [1.165, 1.54) is 36.4 Å². The van der Waals surface area contributed by atoms with Gasteiger partial charge in [-0.25, -0.2) is 8.42 Å². The molecule has 0 saturated carbocycles. The van der Waals surface area contributed by atoms with E-state index < -0.39 is 16.6 Å². The second-order valence-electron chi connectivity index (χ2n) is 6.64. The lowest BCUT2D eigenvalue weighted by Gasteiger charge is -2.10. The van der Waals surface area contributed by atoms with Crippen molar-refractivity contribution >= 4 is 33.2 Å². The fourth-order valence-corrected chi connectivity index (χ4v) is 4.11. The van der Waals surface area contributed by atoms with Gasteiger partial charge in [0.25, 0.3) is 15.9 Å². The Morgan fingerprint density at radius 2 is 1.62 bits per heavy atom. The van der Waals surface area contributed by atoms with Crippen LogP contribution in [0.3, 0.4) is 0 Å². The number of amides is 1. The topological polar surface area (TPSA) is 84.5 Å². The summed E-state index contributed by atoms with van der Waals surface area (Å²) in [6.07, 6.45) is 0.481. The third-order valence-electron chi connectivity index (χ3n) is 4.39. The highest BCUT2D eigenvalue weighted by molar-refractivity contribution is 7.92. The summed E-state index contributed by atoms with van der Waals surface area (Å²) in [5, 5.41) is 2.99. The summed E-state index contributed by atoms with van der Waals surface area (Å²) < 4.78 is 56.1. The summed E-state index contributed by atoms with van der Waals surface area (Å²) in [5.74, 6) is -0.308. The monoisotopic (exact) mass is 480 g/mol. The van der Waals surface area contributed by atoms with Crippen molar-refractivity contribution in [3.05, 3.63) is 88.9 Å². The molecule has 0 spiro atoms. The second kappa shape index (κ2) is 10.4. The summed E-state index contributed by atoms with van der Waals surface area (Å²) in [6, 6.07) is 18.1. The van der Waals surface area contributed by atoms with Gasteiger partial charge in [0, 0.05) is 12.1 Å². The van der Waals surface area contributed by atoms with Gasteiger partial charge in [0.2, 0.25) is 0 Å². The van der Waals surface area contributed by atoms with Crippen LogP contribution in [-0.2, 0) is 16.4 Å². The Labute approximate surface area is 189 Å². The van der Waals surface area contributed by atoms with Gasteiger partial charge in [-0.05, 0) is 60.5 Å². The number of sulfonamides is 1. The molecule has 0 saturated heterocycles. The van der Waals surface area contributed by atoms with Crippen molar-refractivity contribution < 1.29 is 26.7 Å². The highest BCUT2D eigenvalue weighted by Gasteiger charge is 2.16. The van der Waals surface area contributed by atoms with Crippen LogP contribution in [0.1, 0.15) is 15.9 Å². The Bertz CT molecular complexity index is 1170. The van der Waals surface area contributed by atoms with Crippen LogP contribution in [0.15, 0.2) is 77.7 Å². The molecule has 0 aliphatic heterocycles. The molecule has 1 amide bonds. The van der Waals surface area contributed by atoms with Gasteiger partial charge in [-0.1, -0.05) is 35.9 Å². The summed E-state index contributed by atoms with van der Waals surface area (Å²) in [5.41, 5.74) is 1.38. The Hall–Kier alpha value is -3.17. The molecule has 0 unspecified atom stereocenters. The van der Waals surface area contributed by atoms with Gasteiger partial charge >= 0.3 is 6.61 Å². The number of carbonyl (C=O) groups excluding carboxylic acids is 1. The first kappa shape index (κ1) is 23.5. The Morgan fingerprint density at radius 3 is 2.25 bits per heavy atom. The van der Waals surface area contributed by atoms with E-state index in [4.69, 9.17) is 11.6 Å². The molecule has 168 valence electrons. The number of halogens is 3. The lowest BCUT2D eigenvalue weighted by molar-refractivity contribution is -0.0498. The van der Waals surface area contributed by atoms with Crippen LogP contribution >= 0.6 is 11.6 Å². The molecule has 0 bridgehead atoms. The highest BCUT2D eigenvalue weighted by atomic mass is 35.5. The first-order chi connectivity index (χ1) is 15.2. The Morgan fingerprint density at radius 1 is 0.969 bits per heavy atom. The van der Waals surface area contributed by atoms with E-state index in [9.17, 15) is 22.0 Å². The SMILES string of the molecule is O=C(NCCc1ccc(OC(F)F)cc1)c1ccc(S(=O)(=O)Nc2ccccc2Cl)cc1. The maximum atomic E-state index is 12.5. The summed E-state index contributed by atoms with van der Waals surface area (Å²) in [4.78, 5) is 12.3. The maximum Gasteiger partial charge on any atom is 0.387 e. The molecule has 0 radical (unpaired) electrons. The van der Waals surface area contributed by atoms with Crippen LogP contribution in [0.4, 0.5) is 14.5 Å². The van der Waals surface area contributed by atoms with Crippen LogP contribution in [-0.4, -0.2) is 27.5 Å². The lowest BCUT2D eigenvalue weighted by Crippen LogP contribution is -2.25. The maximum absolute atomic E-state index is 12.5. The molecular weight excluding hydrogens is 462 g/mol. The minimum Gasteiger partial charge on any atom is -0.435 e. The average molecular weight is 481 g/mol. The second-order valence-corrected chi connectivity index (χ2v) is 8.73. The van der Waals surface area contributed by atoms with E-state index in [2.05, 4.69) is 14.8 Å². The van der Waals surface area contributed by atoms with E-state index in [0.29, 0.717) is 18.5 Å². The van der Waals surface area contributed by atoms with E-state index in [0.717, 1.165) is 5.56 Å². The standard InChI is InChI=1S/C22H19ClF2N2O4S/c23-19-3-1-2-4-20(19)27-32(29,30)18-11-7-16(8-12-18)21(28)26-14-13-15-5-9-17(10-6-15)31-22(24)25/h1-12,22,27H,13-14H2,(H,26,28). The van der Waals surface area contributed by atoms with Crippen LogP contribution in [0.5, 0.6) is 5.75 Å². The third-order valence-corrected chi connectivity index (χ3v) is 6.10. The number of anilines is 1. The molecule has 32 heavy (non-hydrogen) atoms. The zero-order valence-electron chi connectivity index (χ0n) is 16.6. The van der Waals surface area contributed by atoms with Crippen molar-refractivity contribution in [1.82, 2.24) is 5.32 Å². The number of hydrogen-bond acceptors (Lipinski definition) is 4. The van der Waals surface area contributed by atoms with E-state index >= 15 is 0 Å². The first-order valence-corrected chi connectivity index (χ1v) is 11.3. The predicted molar refractivity (Wildman–Crippen MR) is 118 cm³/mol. The molecule has 3 aromatic carbocycles. The van der Waals surface area contributed by atoms with Crippen molar-refractivity contribution in [1.29, 1.82) is 0 Å². The largest absolute Gasteiger partial charge is 0.435 e. The number of nitrogens with one attached hydrogen (secondary N) is 2. The van der Waals surface area contributed by atoms with E-state index in [-0.39, 0.29) is 27.3 Å². The molecule has 3 aromatic rings. The quantitative estimate of drug-likeness (QED) is 0.464. The van der Waals surface area contributed by atoms with E-state index in [1.54, 1.807) is 36.4 Å². The van der Waals surface area contributed by atoms with E-state index in [1.807, 2.05) is 0 Å². The number of alkyl halides is 2. The molecule has 2 N–H and O–H groups in total. The van der Waals surface area contributed by atoms with Gasteiger partial charge in [0.05, 0.1) is 15.6 Å². The zero-order chi connectivity index (χ0) is 23.1. The molecule has 10 heteroatoms. The number of carbonyl (C=O) groups is 1.